The highest BCUT2D eigenvalue weighted by Gasteiger charge is 2.04. The van der Waals surface area contributed by atoms with E-state index in [0.717, 1.165) is 0 Å². The fourth-order valence-corrected chi connectivity index (χ4v) is 0.392. The zero-order chi connectivity index (χ0) is 9.40. The molecule has 0 rings (SSSR count). The first-order valence-corrected chi connectivity index (χ1v) is 3.16. The van der Waals surface area contributed by atoms with E-state index in [1.807, 2.05) is 0 Å². The quantitative estimate of drug-likeness (QED) is 0.268. The molecule has 0 unspecified atom stereocenters. The van der Waals surface area contributed by atoms with Crippen molar-refractivity contribution in [1.82, 2.24) is 0 Å². The maximum atomic E-state index is 10.7. The van der Waals surface area contributed by atoms with E-state index in [4.69, 9.17) is 5.26 Å². The van der Waals surface area contributed by atoms with E-state index in [9.17, 15) is 4.79 Å². The molecule has 0 fully saturated rings. The SMILES string of the molecule is C=C(C#N)C(=O)OCC=COC. The molecule has 0 saturated carbocycles. The molecule has 0 aromatic heterocycles. The lowest BCUT2D eigenvalue weighted by Crippen LogP contribution is -2.05. The number of rotatable bonds is 4. The molecule has 0 bridgehead atoms. The Bertz CT molecular complexity index is 237. The van der Waals surface area contributed by atoms with Gasteiger partial charge in [0.25, 0.3) is 0 Å². The average Bonchev–Trinajstić information content (AvgIpc) is 2.10. The molecule has 0 aliphatic carbocycles. The van der Waals surface area contributed by atoms with Crippen molar-refractivity contribution >= 4 is 5.97 Å². The van der Waals surface area contributed by atoms with E-state index in [-0.39, 0.29) is 12.2 Å². The number of methoxy groups -OCH3 is 1. The Morgan fingerprint density at radius 3 is 2.92 bits per heavy atom. The van der Waals surface area contributed by atoms with E-state index < -0.39 is 5.97 Å². The first kappa shape index (κ1) is 10.2. The van der Waals surface area contributed by atoms with Crippen molar-refractivity contribution in [3.05, 3.63) is 24.5 Å². The summed E-state index contributed by atoms with van der Waals surface area (Å²) in [6.07, 6.45) is 2.88. The largest absolute Gasteiger partial charge is 0.505 e. The van der Waals surface area contributed by atoms with Gasteiger partial charge in [0.15, 0.2) is 0 Å². The minimum Gasteiger partial charge on any atom is -0.505 e. The summed E-state index contributed by atoms with van der Waals surface area (Å²) >= 11 is 0. The second-order valence-corrected chi connectivity index (χ2v) is 1.80. The van der Waals surface area contributed by atoms with E-state index >= 15 is 0 Å². The van der Waals surface area contributed by atoms with Crippen LogP contribution < -0.4 is 0 Å². The Hall–Kier alpha value is -1.76. The van der Waals surface area contributed by atoms with Crippen LogP contribution in [0.25, 0.3) is 0 Å². The molecule has 12 heavy (non-hydrogen) atoms. The molecule has 0 saturated heterocycles. The van der Waals surface area contributed by atoms with Crippen molar-refractivity contribution in [1.29, 1.82) is 5.26 Å². The normalized spacial score (nSPS) is 9.00. The van der Waals surface area contributed by atoms with Crippen LogP contribution in [0.4, 0.5) is 0 Å². The first-order valence-electron chi connectivity index (χ1n) is 3.16. The van der Waals surface area contributed by atoms with Gasteiger partial charge in [0.2, 0.25) is 0 Å². The average molecular weight is 167 g/mol. The summed E-state index contributed by atoms with van der Waals surface area (Å²) in [5.41, 5.74) is -0.208. The summed E-state index contributed by atoms with van der Waals surface area (Å²) in [6.45, 7) is 3.26. The smallest absolute Gasteiger partial charge is 0.348 e. The minimum absolute atomic E-state index is 0.0768. The maximum Gasteiger partial charge on any atom is 0.348 e. The molecule has 0 atom stereocenters. The number of carbonyl (C=O) groups excluding carboxylic acids is 1. The third-order valence-electron chi connectivity index (χ3n) is 0.924. The van der Waals surface area contributed by atoms with Crippen LogP contribution in [-0.2, 0) is 14.3 Å². The molecular formula is C8H9NO3. The van der Waals surface area contributed by atoms with Crippen LogP contribution in [0.2, 0.25) is 0 Å². The van der Waals surface area contributed by atoms with Crippen LogP contribution >= 0.6 is 0 Å². The van der Waals surface area contributed by atoms with Crippen LogP contribution in [0.15, 0.2) is 24.5 Å². The number of nitriles is 1. The molecule has 0 aliphatic rings. The van der Waals surface area contributed by atoms with Crippen LogP contribution in [0.5, 0.6) is 0 Å². The van der Waals surface area contributed by atoms with Crippen LogP contribution in [0.3, 0.4) is 0 Å². The molecule has 4 nitrogen and oxygen atoms in total. The Morgan fingerprint density at radius 1 is 1.75 bits per heavy atom. The summed E-state index contributed by atoms with van der Waals surface area (Å²) in [7, 11) is 1.48. The Balaban J connectivity index is 3.67. The van der Waals surface area contributed by atoms with Gasteiger partial charge in [-0.3, -0.25) is 0 Å². The highest BCUT2D eigenvalue weighted by molar-refractivity contribution is 5.91. The summed E-state index contributed by atoms with van der Waals surface area (Å²) in [4.78, 5) is 10.7. The second-order valence-electron chi connectivity index (χ2n) is 1.80. The molecule has 4 heteroatoms. The third kappa shape index (κ3) is 4.12. The summed E-state index contributed by atoms with van der Waals surface area (Å²) < 4.78 is 9.12. The molecule has 0 amide bonds. The molecule has 0 spiro atoms. The van der Waals surface area contributed by atoms with E-state index in [1.165, 1.54) is 19.4 Å². The summed E-state index contributed by atoms with van der Waals surface area (Å²) in [5, 5.41) is 8.21. The predicted octanol–water partition coefficient (Wildman–Crippen LogP) is 0.769. The number of hydrogen-bond donors (Lipinski definition) is 0. The minimum atomic E-state index is -0.710. The van der Waals surface area contributed by atoms with Crippen molar-refractivity contribution in [3.63, 3.8) is 0 Å². The van der Waals surface area contributed by atoms with E-state index in [0.29, 0.717) is 0 Å². The molecule has 64 valence electrons. The van der Waals surface area contributed by atoms with Gasteiger partial charge >= 0.3 is 5.97 Å². The highest BCUT2D eigenvalue weighted by Crippen LogP contribution is 1.91. The number of ether oxygens (including phenoxy) is 2. The van der Waals surface area contributed by atoms with Gasteiger partial charge in [-0.1, -0.05) is 6.58 Å². The lowest BCUT2D eigenvalue weighted by Gasteiger charge is -1.97. The maximum absolute atomic E-state index is 10.7. The Kier molecular flexibility index (Phi) is 5.11. The Labute approximate surface area is 70.7 Å². The standard InChI is InChI=1S/C8H9NO3/c1-7(6-9)8(10)12-5-3-4-11-2/h3-4H,1,5H2,2H3. The monoisotopic (exact) mass is 167 g/mol. The van der Waals surface area contributed by atoms with Crippen molar-refractivity contribution in [3.8, 4) is 6.07 Å². The second kappa shape index (κ2) is 5.98. The third-order valence-corrected chi connectivity index (χ3v) is 0.924. The van der Waals surface area contributed by atoms with Crippen LogP contribution in [0, 0.1) is 11.3 Å². The van der Waals surface area contributed by atoms with Gasteiger partial charge in [0, 0.05) is 0 Å². The van der Waals surface area contributed by atoms with Gasteiger partial charge in [-0.2, -0.15) is 5.26 Å². The van der Waals surface area contributed by atoms with Gasteiger partial charge in [-0.15, -0.1) is 0 Å². The van der Waals surface area contributed by atoms with Crippen molar-refractivity contribution < 1.29 is 14.3 Å². The van der Waals surface area contributed by atoms with Crippen molar-refractivity contribution in [2.75, 3.05) is 13.7 Å². The summed E-state index contributed by atoms with van der Waals surface area (Å²) in [6, 6.07) is 1.58. The molecular weight excluding hydrogens is 158 g/mol. The van der Waals surface area contributed by atoms with Gasteiger partial charge in [0.05, 0.1) is 13.4 Å². The van der Waals surface area contributed by atoms with E-state index in [2.05, 4.69) is 16.1 Å². The van der Waals surface area contributed by atoms with Crippen molar-refractivity contribution in [2.24, 2.45) is 0 Å². The van der Waals surface area contributed by atoms with Gasteiger partial charge in [0.1, 0.15) is 18.2 Å². The number of nitrogens with zero attached hydrogens (tertiary/aromatic N) is 1. The Morgan fingerprint density at radius 2 is 2.42 bits per heavy atom. The highest BCUT2D eigenvalue weighted by atomic mass is 16.5. The molecule has 0 aromatic carbocycles. The van der Waals surface area contributed by atoms with Gasteiger partial charge < -0.3 is 9.47 Å². The fraction of sp³-hybridized carbons (Fsp3) is 0.250. The zero-order valence-corrected chi connectivity index (χ0v) is 6.74. The van der Waals surface area contributed by atoms with Crippen LogP contribution in [0.1, 0.15) is 0 Å². The van der Waals surface area contributed by atoms with Gasteiger partial charge in [-0.25, -0.2) is 4.79 Å². The molecule has 0 aromatic rings. The molecule has 0 N–H and O–H groups in total. The number of esters is 1. The van der Waals surface area contributed by atoms with Crippen LogP contribution in [-0.4, -0.2) is 19.7 Å². The van der Waals surface area contributed by atoms with Gasteiger partial charge in [-0.05, 0) is 6.08 Å². The molecule has 0 radical (unpaired) electrons. The first-order chi connectivity index (χ1) is 5.72. The topological polar surface area (TPSA) is 59.3 Å². The fourth-order valence-electron chi connectivity index (χ4n) is 0.392. The zero-order valence-electron chi connectivity index (χ0n) is 6.74. The lowest BCUT2D eigenvalue weighted by molar-refractivity contribution is -0.137. The number of carbonyl (C=O) groups is 1. The predicted molar refractivity (Wildman–Crippen MR) is 41.9 cm³/mol. The lowest BCUT2D eigenvalue weighted by atomic mass is 10.3. The molecule has 0 aliphatic heterocycles. The number of hydrogen-bond acceptors (Lipinski definition) is 4. The van der Waals surface area contributed by atoms with Crippen molar-refractivity contribution in [2.45, 2.75) is 0 Å². The molecule has 0 heterocycles. The summed E-state index contributed by atoms with van der Waals surface area (Å²) in [5.74, 6) is -0.710. The van der Waals surface area contributed by atoms with E-state index in [1.54, 1.807) is 6.07 Å².